The third kappa shape index (κ3) is 3.48. The van der Waals surface area contributed by atoms with Gasteiger partial charge in [-0.25, -0.2) is 8.42 Å². The summed E-state index contributed by atoms with van der Waals surface area (Å²) in [4.78, 5) is 11.6. The van der Waals surface area contributed by atoms with Gasteiger partial charge in [0.15, 0.2) is 0 Å². The molecule has 0 aliphatic rings. The van der Waals surface area contributed by atoms with Crippen molar-refractivity contribution in [1.29, 1.82) is 0 Å². The minimum absolute atomic E-state index is 0.0450. The van der Waals surface area contributed by atoms with Gasteiger partial charge in [-0.3, -0.25) is 4.79 Å². The molecule has 5 heteroatoms. The van der Waals surface area contributed by atoms with Crippen LogP contribution in [0.15, 0.2) is 23.1 Å². The molecule has 4 nitrogen and oxygen atoms in total. The zero-order valence-corrected chi connectivity index (χ0v) is 10.5. The quantitative estimate of drug-likeness (QED) is 0.774. The van der Waals surface area contributed by atoms with E-state index in [0.717, 1.165) is 0 Å². The topological polar surface area (TPSA) is 56.1 Å². The third-order valence-corrected chi connectivity index (χ3v) is 4.29. The van der Waals surface area contributed by atoms with Crippen molar-refractivity contribution in [2.45, 2.75) is 26.8 Å². The van der Waals surface area contributed by atoms with Gasteiger partial charge in [-0.1, -0.05) is 13.0 Å². The van der Waals surface area contributed by atoms with Crippen molar-refractivity contribution in [3.8, 4) is 0 Å². The zero-order chi connectivity index (χ0) is 12.2. The van der Waals surface area contributed by atoms with E-state index in [-0.39, 0.29) is 17.1 Å². The molecule has 0 aromatic carbocycles. The van der Waals surface area contributed by atoms with Gasteiger partial charge in [0.1, 0.15) is 9.84 Å². The number of pyridine rings is 1. The Balaban J connectivity index is 2.63. The molecule has 0 spiro atoms. The van der Waals surface area contributed by atoms with E-state index in [9.17, 15) is 13.2 Å². The largest absolute Gasteiger partial charge is 0.315 e. The van der Waals surface area contributed by atoms with E-state index >= 15 is 0 Å². The number of sulfone groups is 1. The van der Waals surface area contributed by atoms with Crippen molar-refractivity contribution >= 4 is 9.84 Å². The lowest BCUT2D eigenvalue weighted by molar-refractivity contribution is 0.584. The Morgan fingerprint density at radius 2 is 2.06 bits per heavy atom. The molecule has 0 fully saturated rings. The third-order valence-electron chi connectivity index (χ3n) is 2.50. The van der Waals surface area contributed by atoms with E-state index in [1.54, 1.807) is 36.7 Å². The van der Waals surface area contributed by atoms with E-state index < -0.39 is 9.84 Å². The molecule has 0 N–H and O–H groups in total. The summed E-state index contributed by atoms with van der Waals surface area (Å²) in [7, 11) is -2.93. The lowest BCUT2D eigenvalue weighted by Gasteiger charge is -2.06. The van der Waals surface area contributed by atoms with Gasteiger partial charge >= 0.3 is 0 Å². The van der Waals surface area contributed by atoms with Gasteiger partial charge in [-0.2, -0.15) is 0 Å². The first-order valence-corrected chi connectivity index (χ1v) is 7.15. The van der Waals surface area contributed by atoms with Crippen LogP contribution in [0.1, 0.15) is 18.9 Å². The number of aromatic nitrogens is 1. The minimum Gasteiger partial charge on any atom is -0.315 e. The van der Waals surface area contributed by atoms with Gasteiger partial charge in [0.2, 0.25) is 0 Å². The van der Waals surface area contributed by atoms with Crippen molar-refractivity contribution in [2.75, 3.05) is 11.5 Å². The SMILES string of the molecule is CCS(=O)(=O)CCCn1cccc(C)c1=O. The predicted molar refractivity (Wildman–Crippen MR) is 64.4 cm³/mol. The molecule has 0 aliphatic carbocycles. The zero-order valence-electron chi connectivity index (χ0n) is 9.64. The number of aryl methyl sites for hydroxylation is 2. The highest BCUT2D eigenvalue weighted by Crippen LogP contribution is 1.96. The van der Waals surface area contributed by atoms with Crippen molar-refractivity contribution in [3.63, 3.8) is 0 Å². The second kappa shape index (κ2) is 5.30. The van der Waals surface area contributed by atoms with E-state index in [1.165, 1.54) is 0 Å². The van der Waals surface area contributed by atoms with Crippen molar-refractivity contribution in [2.24, 2.45) is 0 Å². The molecule has 1 heterocycles. The molecule has 0 unspecified atom stereocenters. The maximum atomic E-state index is 11.6. The Morgan fingerprint density at radius 3 is 2.69 bits per heavy atom. The van der Waals surface area contributed by atoms with Crippen LogP contribution >= 0.6 is 0 Å². The maximum absolute atomic E-state index is 11.6. The second-order valence-corrected chi connectivity index (χ2v) is 6.25. The average Bonchev–Trinajstić information content (AvgIpc) is 2.24. The molecular formula is C11H17NO3S. The van der Waals surface area contributed by atoms with Crippen LogP contribution in [0.3, 0.4) is 0 Å². The van der Waals surface area contributed by atoms with Crippen molar-refractivity contribution in [3.05, 3.63) is 34.2 Å². The Bertz CT molecular complexity index is 502. The maximum Gasteiger partial charge on any atom is 0.253 e. The minimum atomic E-state index is -2.93. The van der Waals surface area contributed by atoms with Crippen LogP contribution in [0.25, 0.3) is 0 Å². The molecular weight excluding hydrogens is 226 g/mol. The van der Waals surface area contributed by atoms with Crippen LogP contribution in [0.5, 0.6) is 0 Å². The molecule has 1 aromatic rings. The van der Waals surface area contributed by atoms with E-state index in [4.69, 9.17) is 0 Å². The van der Waals surface area contributed by atoms with E-state index in [0.29, 0.717) is 18.5 Å². The van der Waals surface area contributed by atoms with Crippen molar-refractivity contribution in [1.82, 2.24) is 4.57 Å². The van der Waals surface area contributed by atoms with Gasteiger partial charge in [-0.05, 0) is 19.4 Å². The molecule has 90 valence electrons. The second-order valence-electron chi connectivity index (χ2n) is 3.78. The fourth-order valence-corrected chi connectivity index (χ4v) is 2.29. The number of hydrogen-bond donors (Lipinski definition) is 0. The molecule has 1 aromatic heterocycles. The molecule has 0 saturated carbocycles. The highest BCUT2D eigenvalue weighted by Gasteiger charge is 2.07. The number of hydrogen-bond acceptors (Lipinski definition) is 3. The van der Waals surface area contributed by atoms with Gasteiger partial charge in [-0.15, -0.1) is 0 Å². The highest BCUT2D eigenvalue weighted by atomic mass is 32.2. The highest BCUT2D eigenvalue weighted by molar-refractivity contribution is 7.91. The normalized spacial score (nSPS) is 11.6. The summed E-state index contributed by atoms with van der Waals surface area (Å²) in [6.07, 6.45) is 2.17. The summed E-state index contributed by atoms with van der Waals surface area (Å²) in [5, 5.41) is 0. The first-order chi connectivity index (χ1) is 7.46. The monoisotopic (exact) mass is 243 g/mol. The summed E-state index contributed by atoms with van der Waals surface area (Å²) in [6, 6.07) is 3.55. The Labute approximate surface area is 95.8 Å². The molecule has 0 radical (unpaired) electrons. The van der Waals surface area contributed by atoms with Crippen LogP contribution < -0.4 is 5.56 Å². The predicted octanol–water partition coefficient (Wildman–Crippen LogP) is 0.982. The molecule has 0 atom stereocenters. The summed E-state index contributed by atoms with van der Waals surface area (Å²) < 4.78 is 24.1. The summed E-state index contributed by atoms with van der Waals surface area (Å²) in [6.45, 7) is 3.84. The fourth-order valence-electron chi connectivity index (χ4n) is 1.43. The van der Waals surface area contributed by atoms with Crippen LogP contribution in [0.2, 0.25) is 0 Å². The van der Waals surface area contributed by atoms with E-state index in [1.807, 2.05) is 0 Å². The lowest BCUT2D eigenvalue weighted by Crippen LogP contribution is -2.22. The smallest absolute Gasteiger partial charge is 0.253 e. The van der Waals surface area contributed by atoms with Crippen molar-refractivity contribution < 1.29 is 8.42 Å². The van der Waals surface area contributed by atoms with Crippen LogP contribution in [0, 0.1) is 6.92 Å². The number of rotatable bonds is 5. The molecule has 0 amide bonds. The number of nitrogens with zero attached hydrogens (tertiary/aromatic N) is 1. The summed E-state index contributed by atoms with van der Waals surface area (Å²) >= 11 is 0. The van der Waals surface area contributed by atoms with Gasteiger partial charge < -0.3 is 4.57 Å². The molecule has 16 heavy (non-hydrogen) atoms. The average molecular weight is 243 g/mol. The Morgan fingerprint density at radius 1 is 1.38 bits per heavy atom. The molecule has 1 rings (SSSR count). The fraction of sp³-hybridized carbons (Fsp3) is 0.545. The Kier molecular flexibility index (Phi) is 4.29. The first kappa shape index (κ1) is 13.0. The molecule has 0 aliphatic heterocycles. The van der Waals surface area contributed by atoms with Crippen LogP contribution in [-0.4, -0.2) is 24.5 Å². The molecule has 0 saturated heterocycles. The standard InChI is InChI=1S/C11H17NO3S/c1-3-16(14,15)9-5-8-12-7-4-6-10(2)11(12)13/h4,6-7H,3,5,8-9H2,1-2H3. The first-order valence-electron chi connectivity index (χ1n) is 5.33. The van der Waals surface area contributed by atoms with Gasteiger partial charge in [0.05, 0.1) is 5.75 Å². The van der Waals surface area contributed by atoms with Crippen LogP contribution in [-0.2, 0) is 16.4 Å². The van der Waals surface area contributed by atoms with Crippen LogP contribution in [0.4, 0.5) is 0 Å². The van der Waals surface area contributed by atoms with Gasteiger partial charge in [0.25, 0.3) is 5.56 Å². The summed E-state index contributed by atoms with van der Waals surface area (Å²) in [5.74, 6) is 0.305. The summed E-state index contributed by atoms with van der Waals surface area (Å²) in [5.41, 5.74) is 0.636. The molecule has 0 bridgehead atoms. The van der Waals surface area contributed by atoms with Gasteiger partial charge in [0, 0.05) is 24.1 Å². The Hall–Kier alpha value is -1.10. The lowest BCUT2D eigenvalue weighted by atomic mass is 10.3. The van der Waals surface area contributed by atoms with E-state index in [2.05, 4.69) is 0 Å².